The lowest BCUT2D eigenvalue weighted by molar-refractivity contribution is 0.0643. The number of amides is 2. The third-order valence-corrected chi connectivity index (χ3v) is 5.21. The molecule has 28 heavy (non-hydrogen) atoms. The van der Waals surface area contributed by atoms with E-state index in [1.165, 1.54) is 6.20 Å². The van der Waals surface area contributed by atoms with E-state index in [1.54, 1.807) is 17.2 Å². The van der Waals surface area contributed by atoms with Gasteiger partial charge in [0.1, 0.15) is 0 Å². The van der Waals surface area contributed by atoms with Crippen molar-refractivity contribution >= 4 is 17.5 Å². The smallest absolute Gasteiger partial charge is 0.259 e. The maximum atomic E-state index is 13.1. The van der Waals surface area contributed by atoms with E-state index in [0.717, 1.165) is 30.9 Å². The molecule has 0 atom stereocenters. The Morgan fingerprint density at radius 2 is 1.75 bits per heavy atom. The van der Waals surface area contributed by atoms with Gasteiger partial charge in [0, 0.05) is 50.8 Å². The van der Waals surface area contributed by atoms with E-state index in [2.05, 4.69) is 16.8 Å². The second-order valence-electron chi connectivity index (χ2n) is 7.08. The molecule has 1 saturated heterocycles. The Hall–Kier alpha value is -2.73. The molecule has 1 fully saturated rings. The van der Waals surface area contributed by atoms with Gasteiger partial charge >= 0.3 is 0 Å². The summed E-state index contributed by atoms with van der Waals surface area (Å²) >= 11 is 0. The van der Waals surface area contributed by atoms with Crippen molar-refractivity contribution in [2.75, 3.05) is 44.2 Å². The highest BCUT2D eigenvalue weighted by molar-refractivity contribution is 6.07. The minimum Gasteiger partial charge on any atom is -0.336 e. The highest BCUT2D eigenvalue weighted by Crippen LogP contribution is 2.19. The van der Waals surface area contributed by atoms with Crippen LogP contribution in [0.25, 0.3) is 0 Å². The van der Waals surface area contributed by atoms with Gasteiger partial charge in [0.15, 0.2) is 0 Å². The highest BCUT2D eigenvalue weighted by Gasteiger charge is 2.23. The van der Waals surface area contributed by atoms with E-state index in [1.807, 2.05) is 43.0 Å². The van der Waals surface area contributed by atoms with E-state index in [-0.39, 0.29) is 11.8 Å². The first-order valence-corrected chi connectivity index (χ1v) is 9.88. The van der Waals surface area contributed by atoms with Gasteiger partial charge in [-0.2, -0.15) is 0 Å². The first kappa shape index (κ1) is 20.0. The molecule has 2 heterocycles. The van der Waals surface area contributed by atoms with Gasteiger partial charge in [-0.25, -0.2) is 0 Å². The van der Waals surface area contributed by atoms with E-state index in [9.17, 15) is 9.59 Å². The molecule has 2 aromatic rings. The van der Waals surface area contributed by atoms with Crippen LogP contribution in [0.5, 0.6) is 0 Å². The van der Waals surface area contributed by atoms with Crippen molar-refractivity contribution in [3.8, 4) is 0 Å². The number of carbonyl (C=O) groups excluding carboxylic acids is 2. The molecule has 0 bridgehead atoms. The van der Waals surface area contributed by atoms with Crippen LogP contribution in [-0.4, -0.2) is 65.9 Å². The van der Waals surface area contributed by atoms with Gasteiger partial charge in [0.2, 0.25) is 0 Å². The fraction of sp³-hybridized carbons (Fsp3) is 0.409. The molecule has 1 aromatic heterocycles. The fourth-order valence-corrected chi connectivity index (χ4v) is 3.52. The van der Waals surface area contributed by atoms with Crippen molar-refractivity contribution in [2.45, 2.75) is 20.8 Å². The molecule has 0 saturated carbocycles. The number of pyridine rings is 1. The van der Waals surface area contributed by atoms with Crippen LogP contribution in [0.1, 0.15) is 40.1 Å². The SMILES string of the molecule is CCN1CCN(C(=O)c2cncc(C(=O)N(CC)c3cccc(C)c3)c2)CC1. The summed E-state index contributed by atoms with van der Waals surface area (Å²) in [7, 11) is 0. The Balaban J connectivity index is 1.78. The first-order valence-electron chi connectivity index (χ1n) is 9.88. The molecule has 1 aliphatic rings. The van der Waals surface area contributed by atoms with Gasteiger partial charge in [0.25, 0.3) is 11.8 Å². The predicted octanol–water partition coefficient (Wildman–Crippen LogP) is 2.83. The summed E-state index contributed by atoms with van der Waals surface area (Å²) in [4.78, 5) is 36.0. The largest absolute Gasteiger partial charge is 0.336 e. The summed E-state index contributed by atoms with van der Waals surface area (Å²) in [6.07, 6.45) is 3.08. The van der Waals surface area contributed by atoms with Crippen molar-refractivity contribution in [1.29, 1.82) is 0 Å². The molecule has 3 rings (SSSR count). The van der Waals surface area contributed by atoms with E-state index in [4.69, 9.17) is 0 Å². The van der Waals surface area contributed by atoms with Crippen LogP contribution in [0, 0.1) is 6.92 Å². The Bertz CT molecular complexity index is 844. The van der Waals surface area contributed by atoms with Gasteiger partial charge in [-0.05, 0) is 44.2 Å². The zero-order valence-electron chi connectivity index (χ0n) is 16.9. The molecule has 0 N–H and O–H groups in total. The second-order valence-corrected chi connectivity index (χ2v) is 7.08. The van der Waals surface area contributed by atoms with Crippen LogP contribution in [0.15, 0.2) is 42.7 Å². The number of aromatic nitrogens is 1. The minimum absolute atomic E-state index is 0.0588. The number of piperazine rings is 1. The monoisotopic (exact) mass is 380 g/mol. The highest BCUT2D eigenvalue weighted by atomic mass is 16.2. The number of carbonyl (C=O) groups is 2. The predicted molar refractivity (Wildman–Crippen MR) is 111 cm³/mol. The lowest BCUT2D eigenvalue weighted by Crippen LogP contribution is -2.48. The van der Waals surface area contributed by atoms with Gasteiger partial charge in [-0.1, -0.05) is 19.1 Å². The van der Waals surface area contributed by atoms with Gasteiger partial charge in [-0.15, -0.1) is 0 Å². The summed E-state index contributed by atoms with van der Waals surface area (Å²) in [5.74, 6) is -0.206. The van der Waals surface area contributed by atoms with Crippen LogP contribution in [-0.2, 0) is 0 Å². The van der Waals surface area contributed by atoms with Crippen LogP contribution >= 0.6 is 0 Å². The number of likely N-dealkylation sites (N-methyl/N-ethyl adjacent to an activating group) is 1. The van der Waals surface area contributed by atoms with Crippen molar-refractivity contribution in [3.63, 3.8) is 0 Å². The third kappa shape index (κ3) is 4.39. The number of anilines is 1. The van der Waals surface area contributed by atoms with Crippen molar-refractivity contribution < 1.29 is 9.59 Å². The lowest BCUT2D eigenvalue weighted by Gasteiger charge is -2.34. The Labute approximate surface area is 166 Å². The molecule has 6 nitrogen and oxygen atoms in total. The quantitative estimate of drug-likeness (QED) is 0.800. The third-order valence-electron chi connectivity index (χ3n) is 5.21. The van der Waals surface area contributed by atoms with E-state index >= 15 is 0 Å². The zero-order chi connectivity index (χ0) is 20.1. The van der Waals surface area contributed by atoms with Crippen LogP contribution in [0.4, 0.5) is 5.69 Å². The molecule has 2 amide bonds. The summed E-state index contributed by atoms with van der Waals surface area (Å²) in [5.41, 5.74) is 2.84. The Morgan fingerprint density at radius 1 is 1.04 bits per heavy atom. The second kappa shape index (κ2) is 8.97. The minimum atomic E-state index is -0.147. The maximum Gasteiger partial charge on any atom is 0.259 e. The van der Waals surface area contributed by atoms with Crippen molar-refractivity contribution in [1.82, 2.24) is 14.8 Å². The van der Waals surface area contributed by atoms with Gasteiger partial charge in [-0.3, -0.25) is 14.6 Å². The molecule has 1 aliphatic heterocycles. The molecule has 0 spiro atoms. The van der Waals surface area contributed by atoms with Crippen molar-refractivity contribution in [2.24, 2.45) is 0 Å². The number of rotatable bonds is 5. The molecule has 0 aliphatic carbocycles. The average Bonchev–Trinajstić information content (AvgIpc) is 2.74. The van der Waals surface area contributed by atoms with Crippen LogP contribution < -0.4 is 4.90 Å². The fourth-order valence-electron chi connectivity index (χ4n) is 3.52. The molecule has 0 radical (unpaired) electrons. The summed E-state index contributed by atoms with van der Waals surface area (Å²) in [5, 5.41) is 0. The van der Waals surface area contributed by atoms with Gasteiger partial charge in [0.05, 0.1) is 11.1 Å². The van der Waals surface area contributed by atoms with Gasteiger partial charge < -0.3 is 14.7 Å². The standard InChI is InChI=1S/C22H28N4O2/c1-4-24-9-11-25(12-10-24)21(27)18-14-19(16-23-15-18)22(28)26(5-2)20-8-6-7-17(3)13-20/h6-8,13-16H,4-5,9-12H2,1-3H3. The number of benzene rings is 1. The number of hydrogen-bond acceptors (Lipinski definition) is 4. The zero-order valence-corrected chi connectivity index (χ0v) is 16.9. The number of aryl methyl sites for hydroxylation is 1. The summed E-state index contributed by atoms with van der Waals surface area (Å²) in [6.45, 7) is 10.8. The normalized spacial score (nSPS) is 14.8. The summed E-state index contributed by atoms with van der Waals surface area (Å²) < 4.78 is 0. The van der Waals surface area contributed by atoms with Crippen LogP contribution in [0.2, 0.25) is 0 Å². The molecule has 1 aromatic carbocycles. The molecule has 148 valence electrons. The molecular weight excluding hydrogens is 352 g/mol. The molecule has 0 unspecified atom stereocenters. The maximum absolute atomic E-state index is 13.1. The van der Waals surface area contributed by atoms with E-state index < -0.39 is 0 Å². The topological polar surface area (TPSA) is 56.8 Å². The van der Waals surface area contributed by atoms with E-state index in [0.29, 0.717) is 30.8 Å². The number of hydrogen-bond donors (Lipinski definition) is 0. The Morgan fingerprint density at radius 3 is 2.39 bits per heavy atom. The Kier molecular flexibility index (Phi) is 6.41. The van der Waals surface area contributed by atoms with Crippen LogP contribution in [0.3, 0.4) is 0 Å². The molecule has 6 heteroatoms. The first-order chi connectivity index (χ1) is 13.5. The van der Waals surface area contributed by atoms with Crippen molar-refractivity contribution in [3.05, 3.63) is 59.4 Å². The summed E-state index contributed by atoms with van der Waals surface area (Å²) in [6, 6.07) is 9.51. The average molecular weight is 380 g/mol. The number of nitrogens with zero attached hydrogens (tertiary/aromatic N) is 4. The molecular formula is C22H28N4O2. The lowest BCUT2D eigenvalue weighted by atomic mass is 10.1.